The summed E-state index contributed by atoms with van der Waals surface area (Å²) in [7, 11) is 0. The van der Waals surface area contributed by atoms with Gasteiger partial charge in [0.15, 0.2) is 5.69 Å². The molecule has 1 amide bonds. The van der Waals surface area contributed by atoms with Gasteiger partial charge in [-0.2, -0.15) is 0 Å². The highest BCUT2D eigenvalue weighted by Gasteiger charge is 2.15. The van der Waals surface area contributed by atoms with E-state index in [1.165, 1.54) is 0 Å². The Bertz CT molecular complexity index is 399. The number of carbonyl (C=O) groups is 2. The van der Waals surface area contributed by atoms with E-state index in [0.29, 0.717) is 13.2 Å². The molecule has 1 heterocycles. The van der Waals surface area contributed by atoms with Gasteiger partial charge in [0.1, 0.15) is 0 Å². The van der Waals surface area contributed by atoms with Crippen LogP contribution in [0, 0.1) is 0 Å². The molecule has 0 aliphatic heterocycles. The standard InChI is InChI=1S/C10H14N2O5/c1-6(2)16-4-3-11-9(13)7-5-8(10(14)15)17-12-7/h5-6H,3-4H2,1-2H3,(H,11,13)(H,14,15). The number of rotatable bonds is 6. The van der Waals surface area contributed by atoms with Crippen LogP contribution in [0.1, 0.15) is 34.9 Å². The number of nitrogens with one attached hydrogen (secondary N) is 1. The van der Waals surface area contributed by atoms with E-state index in [4.69, 9.17) is 9.84 Å². The summed E-state index contributed by atoms with van der Waals surface area (Å²) in [6, 6.07) is 1.07. The molecule has 0 unspecified atom stereocenters. The molecule has 17 heavy (non-hydrogen) atoms. The highest BCUT2D eigenvalue weighted by atomic mass is 16.5. The van der Waals surface area contributed by atoms with Gasteiger partial charge in [0.05, 0.1) is 12.7 Å². The first-order chi connectivity index (χ1) is 8.00. The van der Waals surface area contributed by atoms with Crippen LogP contribution in [0.4, 0.5) is 0 Å². The summed E-state index contributed by atoms with van der Waals surface area (Å²) in [5.41, 5.74) is -0.0630. The summed E-state index contributed by atoms with van der Waals surface area (Å²) < 4.78 is 9.67. The van der Waals surface area contributed by atoms with Crippen LogP contribution >= 0.6 is 0 Å². The largest absolute Gasteiger partial charge is 0.475 e. The van der Waals surface area contributed by atoms with Crippen LogP contribution in [-0.4, -0.2) is 41.4 Å². The van der Waals surface area contributed by atoms with Crippen LogP contribution in [-0.2, 0) is 4.74 Å². The Morgan fingerprint density at radius 1 is 1.59 bits per heavy atom. The molecule has 0 radical (unpaired) electrons. The second-order valence-electron chi connectivity index (χ2n) is 3.56. The number of ether oxygens (including phenoxy) is 1. The quantitative estimate of drug-likeness (QED) is 0.705. The summed E-state index contributed by atoms with van der Waals surface area (Å²) in [5.74, 6) is -2.12. The van der Waals surface area contributed by atoms with E-state index in [-0.39, 0.29) is 17.6 Å². The van der Waals surface area contributed by atoms with Gasteiger partial charge in [-0.25, -0.2) is 4.79 Å². The Morgan fingerprint density at radius 3 is 2.82 bits per heavy atom. The zero-order valence-electron chi connectivity index (χ0n) is 9.60. The molecule has 0 saturated heterocycles. The molecule has 0 fully saturated rings. The Labute approximate surface area is 97.7 Å². The molecule has 94 valence electrons. The lowest BCUT2D eigenvalue weighted by atomic mass is 10.3. The summed E-state index contributed by atoms with van der Waals surface area (Å²) >= 11 is 0. The maximum Gasteiger partial charge on any atom is 0.374 e. The predicted octanol–water partition coefficient (Wildman–Crippen LogP) is 0.528. The van der Waals surface area contributed by atoms with Gasteiger partial charge in [-0.05, 0) is 13.8 Å². The third kappa shape index (κ3) is 4.23. The van der Waals surface area contributed by atoms with Gasteiger partial charge in [0.25, 0.3) is 5.91 Å². The Kier molecular flexibility index (Phi) is 4.65. The average Bonchev–Trinajstić information content (AvgIpc) is 2.73. The van der Waals surface area contributed by atoms with Crippen LogP contribution < -0.4 is 5.32 Å². The van der Waals surface area contributed by atoms with E-state index >= 15 is 0 Å². The van der Waals surface area contributed by atoms with Crippen molar-refractivity contribution in [1.82, 2.24) is 10.5 Å². The zero-order chi connectivity index (χ0) is 12.8. The lowest BCUT2D eigenvalue weighted by molar-refractivity contribution is 0.0651. The highest BCUT2D eigenvalue weighted by Crippen LogP contribution is 2.02. The maximum absolute atomic E-state index is 11.4. The molecule has 0 aromatic carbocycles. The number of nitrogens with zero attached hydrogens (tertiary/aromatic N) is 1. The Balaban J connectivity index is 2.39. The van der Waals surface area contributed by atoms with Crippen molar-refractivity contribution in [1.29, 1.82) is 0 Å². The summed E-state index contributed by atoms with van der Waals surface area (Å²) in [5, 5.41) is 14.4. The van der Waals surface area contributed by atoms with Crippen molar-refractivity contribution in [2.75, 3.05) is 13.2 Å². The van der Waals surface area contributed by atoms with E-state index in [9.17, 15) is 9.59 Å². The molecule has 7 heteroatoms. The van der Waals surface area contributed by atoms with E-state index in [2.05, 4.69) is 15.0 Å². The molecule has 0 aliphatic carbocycles. The van der Waals surface area contributed by atoms with Crippen molar-refractivity contribution in [3.05, 3.63) is 17.5 Å². The first kappa shape index (κ1) is 13.2. The molecular weight excluding hydrogens is 228 g/mol. The summed E-state index contributed by atoms with van der Waals surface area (Å²) in [6.07, 6.45) is 0.0950. The van der Waals surface area contributed by atoms with Gasteiger partial charge in [-0.15, -0.1) is 0 Å². The summed E-state index contributed by atoms with van der Waals surface area (Å²) in [4.78, 5) is 21.9. The van der Waals surface area contributed by atoms with E-state index < -0.39 is 11.9 Å². The van der Waals surface area contributed by atoms with Crippen molar-refractivity contribution >= 4 is 11.9 Å². The first-order valence-electron chi connectivity index (χ1n) is 5.10. The lowest BCUT2D eigenvalue weighted by Crippen LogP contribution is -2.28. The van der Waals surface area contributed by atoms with Gasteiger partial charge in [0.2, 0.25) is 5.76 Å². The third-order valence-electron chi connectivity index (χ3n) is 1.79. The fourth-order valence-corrected chi connectivity index (χ4v) is 1.03. The molecule has 2 N–H and O–H groups in total. The Morgan fingerprint density at radius 2 is 2.29 bits per heavy atom. The SMILES string of the molecule is CC(C)OCCNC(=O)c1cc(C(=O)O)on1. The molecule has 0 atom stereocenters. The minimum Gasteiger partial charge on any atom is -0.475 e. The number of aromatic nitrogens is 1. The minimum atomic E-state index is -1.26. The fraction of sp³-hybridized carbons (Fsp3) is 0.500. The minimum absolute atomic E-state index is 0.0630. The van der Waals surface area contributed by atoms with Crippen LogP contribution in [0.15, 0.2) is 10.6 Å². The number of amides is 1. The van der Waals surface area contributed by atoms with Gasteiger partial charge in [0, 0.05) is 12.6 Å². The molecule has 1 rings (SSSR count). The van der Waals surface area contributed by atoms with Crippen molar-refractivity contribution in [3.8, 4) is 0 Å². The fourth-order valence-electron chi connectivity index (χ4n) is 1.03. The monoisotopic (exact) mass is 242 g/mol. The molecule has 0 saturated carbocycles. The molecular formula is C10H14N2O5. The molecule has 0 spiro atoms. The number of aromatic carboxylic acids is 1. The number of carbonyl (C=O) groups excluding carboxylic acids is 1. The third-order valence-corrected chi connectivity index (χ3v) is 1.79. The maximum atomic E-state index is 11.4. The number of hydrogen-bond acceptors (Lipinski definition) is 5. The van der Waals surface area contributed by atoms with Crippen molar-refractivity contribution in [3.63, 3.8) is 0 Å². The molecule has 0 aliphatic rings. The smallest absolute Gasteiger partial charge is 0.374 e. The van der Waals surface area contributed by atoms with Crippen molar-refractivity contribution in [2.45, 2.75) is 20.0 Å². The Hall–Kier alpha value is -1.89. The number of hydrogen-bond donors (Lipinski definition) is 2. The molecule has 1 aromatic heterocycles. The normalized spacial score (nSPS) is 10.5. The molecule has 7 nitrogen and oxygen atoms in total. The average molecular weight is 242 g/mol. The van der Waals surface area contributed by atoms with E-state index in [1.807, 2.05) is 13.8 Å². The van der Waals surface area contributed by atoms with Gasteiger partial charge < -0.3 is 19.7 Å². The van der Waals surface area contributed by atoms with Crippen molar-refractivity contribution in [2.24, 2.45) is 0 Å². The van der Waals surface area contributed by atoms with Crippen LogP contribution in [0.2, 0.25) is 0 Å². The van der Waals surface area contributed by atoms with Crippen LogP contribution in [0.5, 0.6) is 0 Å². The van der Waals surface area contributed by atoms with E-state index in [1.54, 1.807) is 0 Å². The molecule has 1 aromatic rings. The summed E-state index contributed by atoms with van der Waals surface area (Å²) in [6.45, 7) is 4.48. The zero-order valence-corrected chi connectivity index (χ0v) is 9.60. The highest BCUT2D eigenvalue weighted by molar-refractivity contribution is 5.94. The number of carboxylic acid groups (broad SMARTS) is 1. The first-order valence-corrected chi connectivity index (χ1v) is 5.10. The van der Waals surface area contributed by atoms with E-state index in [0.717, 1.165) is 6.07 Å². The van der Waals surface area contributed by atoms with Gasteiger partial charge >= 0.3 is 5.97 Å². The van der Waals surface area contributed by atoms with Crippen molar-refractivity contribution < 1.29 is 24.0 Å². The lowest BCUT2D eigenvalue weighted by Gasteiger charge is -2.07. The van der Waals surface area contributed by atoms with Gasteiger partial charge in [-0.1, -0.05) is 5.16 Å². The topological polar surface area (TPSA) is 102 Å². The molecule has 0 bridgehead atoms. The van der Waals surface area contributed by atoms with Gasteiger partial charge in [-0.3, -0.25) is 4.79 Å². The van der Waals surface area contributed by atoms with Crippen LogP contribution in [0.25, 0.3) is 0 Å². The predicted molar refractivity (Wildman–Crippen MR) is 56.9 cm³/mol. The second kappa shape index (κ2) is 6.00. The van der Waals surface area contributed by atoms with Crippen LogP contribution in [0.3, 0.4) is 0 Å². The second-order valence-corrected chi connectivity index (χ2v) is 3.56. The number of carboxylic acids is 1.